The van der Waals surface area contributed by atoms with Gasteiger partial charge in [0.15, 0.2) is 0 Å². The third-order valence-corrected chi connectivity index (χ3v) is 12.1. The Bertz CT molecular complexity index is 771. The van der Waals surface area contributed by atoms with Crippen LogP contribution in [-0.4, -0.2) is 22.8 Å². The van der Waals surface area contributed by atoms with Crippen molar-refractivity contribution in [2.45, 2.75) is 58.3 Å². The van der Waals surface area contributed by atoms with Gasteiger partial charge in [-0.2, -0.15) is 0 Å². The highest BCUT2D eigenvalue weighted by molar-refractivity contribution is 7.69. The van der Waals surface area contributed by atoms with Crippen molar-refractivity contribution in [3.63, 3.8) is 0 Å². The van der Waals surface area contributed by atoms with E-state index in [1.54, 1.807) is 16.2 Å². The second-order valence-corrected chi connectivity index (χ2v) is 15.6. The van der Waals surface area contributed by atoms with E-state index >= 15 is 0 Å². The molecule has 4 rings (SSSR count). The molecule has 1 nitrogen and oxygen atoms in total. The first-order valence-corrected chi connectivity index (χ1v) is 12.8. The Kier molecular flexibility index (Phi) is 4.49. The minimum atomic E-state index is -0.199. The third-order valence-electron chi connectivity index (χ3n) is 5.64. The van der Waals surface area contributed by atoms with Crippen LogP contribution in [0.25, 0.3) is 11.1 Å². The predicted molar refractivity (Wildman–Crippen MR) is 122 cm³/mol. The topological polar surface area (TPSA) is 12.0 Å². The molecule has 2 aliphatic rings. The van der Waals surface area contributed by atoms with E-state index in [9.17, 15) is 0 Å². The highest BCUT2D eigenvalue weighted by Crippen LogP contribution is 2.57. The monoisotopic (exact) mass is 383 g/mol. The molecule has 0 fully saturated rings. The predicted octanol–water partition coefficient (Wildman–Crippen LogP) is 6.10. The van der Waals surface area contributed by atoms with Gasteiger partial charge in [-0.3, -0.25) is 0 Å². The number of nitrogens with one attached hydrogen (secondary N) is 1. The molecule has 0 aromatic heterocycles. The van der Waals surface area contributed by atoms with Crippen molar-refractivity contribution in [3.8, 4) is 11.1 Å². The molecule has 0 amide bonds. The Morgan fingerprint density at radius 1 is 0.769 bits per heavy atom. The van der Waals surface area contributed by atoms with Gasteiger partial charge in [0.2, 0.25) is 0 Å². The smallest absolute Gasteiger partial charge is 0.0428 e. The van der Waals surface area contributed by atoms with E-state index in [-0.39, 0.29) is 15.8 Å². The molecule has 0 aliphatic carbocycles. The Morgan fingerprint density at radius 2 is 1.38 bits per heavy atom. The minimum absolute atomic E-state index is 0.109. The van der Waals surface area contributed by atoms with Gasteiger partial charge in [-0.05, 0) is 58.9 Å². The van der Waals surface area contributed by atoms with Crippen LogP contribution in [0.2, 0.25) is 0 Å². The van der Waals surface area contributed by atoms with Crippen molar-refractivity contribution < 1.29 is 0 Å². The van der Waals surface area contributed by atoms with Crippen LogP contribution in [0, 0.1) is 0 Å². The standard InChI is InChI=1S/C23H31NP2/c1-22(2,3)25-14-13-16-9-7-10-17(20(16)25)18-11-8-12-19-21(18)26(15-24-19)23(4,5)6/h7-12,24H,13-15H2,1-6H3. The summed E-state index contributed by atoms with van der Waals surface area (Å²) in [5.41, 5.74) is 6.01. The molecule has 2 heterocycles. The average Bonchev–Trinajstić information content (AvgIpc) is 3.17. The fourth-order valence-corrected chi connectivity index (χ4v) is 9.96. The highest BCUT2D eigenvalue weighted by Gasteiger charge is 2.37. The van der Waals surface area contributed by atoms with Gasteiger partial charge < -0.3 is 5.32 Å². The second-order valence-electron chi connectivity index (χ2n) is 9.52. The number of hydrogen-bond donors (Lipinski definition) is 1. The summed E-state index contributed by atoms with van der Waals surface area (Å²) in [5, 5.41) is 7.72. The maximum absolute atomic E-state index is 3.71. The van der Waals surface area contributed by atoms with Crippen LogP contribution < -0.4 is 15.9 Å². The molecule has 2 aromatic rings. The van der Waals surface area contributed by atoms with Gasteiger partial charge in [-0.1, -0.05) is 79.8 Å². The summed E-state index contributed by atoms with van der Waals surface area (Å²) in [6, 6.07) is 14.0. The van der Waals surface area contributed by atoms with Crippen LogP contribution in [-0.2, 0) is 6.42 Å². The van der Waals surface area contributed by atoms with Crippen molar-refractivity contribution in [1.29, 1.82) is 0 Å². The molecule has 0 saturated heterocycles. The second kappa shape index (κ2) is 6.32. The number of fused-ring (bicyclic) bond motifs is 2. The van der Waals surface area contributed by atoms with Crippen molar-refractivity contribution in [3.05, 3.63) is 42.0 Å². The quantitative estimate of drug-likeness (QED) is 0.587. The normalized spacial score (nSPS) is 22.1. The summed E-state index contributed by atoms with van der Waals surface area (Å²) in [6.45, 7) is 14.5. The Morgan fingerprint density at radius 3 is 2.04 bits per heavy atom. The van der Waals surface area contributed by atoms with Crippen LogP contribution in [0.3, 0.4) is 0 Å². The maximum atomic E-state index is 3.71. The molecule has 2 atom stereocenters. The fraction of sp³-hybridized carbons (Fsp3) is 0.478. The summed E-state index contributed by atoms with van der Waals surface area (Å²) in [4.78, 5) is 0. The first-order chi connectivity index (χ1) is 12.2. The number of benzene rings is 2. The molecule has 2 aliphatic heterocycles. The van der Waals surface area contributed by atoms with Crippen LogP contribution in [0.1, 0.15) is 47.1 Å². The summed E-state index contributed by atoms with van der Waals surface area (Å²) in [5.74, 6) is 0. The molecule has 26 heavy (non-hydrogen) atoms. The van der Waals surface area contributed by atoms with Gasteiger partial charge in [0.1, 0.15) is 0 Å². The van der Waals surface area contributed by atoms with Crippen molar-refractivity contribution in [1.82, 2.24) is 0 Å². The van der Waals surface area contributed by atoms with E-state index in [0.29, 0.717) is 10.3 Å². The van der Waals surface area contributed by atoms with Gasteiger partial charge in [0.05, 0.1) is 0 Å². The van der Waals surface area contributed by atoms with Gasteiger partial charge in [0, 0.05) is 17.3 Å². The van der Waals surface area contributed by atoms with Gasteiger partial charge in [0.25, 0.3) is 0 Å². The summed E-state index contributed by atoms with van der Waals surface area (Å²) in [6.07, 6.45) is 3.73. The van der Waals surface area contributed by atoms with E-state index in [0.717, 1.165) is 6.29 Å². The first kappa shape index (κ1) is 18.5. The lowest BCUT2D eigenvalue weighted by atomic mass is 10.0. The van der Waals surface area contributed by atoms with E-state index in [1.165, 1.54) is 29.4 Å². The zero-order valence-electron chi connectivity index (χ0n) is 17.0. The summed E-state index contributed by atoms with van der Waals surface area (Å²) < 4.78 is 0. The SMILES string of the molecule is CC(C)(C)P1CCc2cccc(-c3cccc4c3P(C(C)(C)C)CN4)c21. The lowest BCUT2D eigenvalue weighted by molar-refractivity contribution is 0.787. The van der Waals surface area contributed by atoms with Crippen LogP contribution in [0.4, 0.5) is 5.69 Å². The Hall–Kier alpha value is -0.900. The number of aryl methyl sites for hydroxylation is 1. The van der Waals surface area contributed by atoms with Crippen LogP contribution in [0.5, 0.6) is 0 Å². The lowest BCUT2D eigenvalue weighted by Crippen LogP contribution is -2.23. The number of anilines is 1. The van der Waals surface area contributed by atoms with Gasteiger partial charge >= 0.3 is 0 Å². The molecule has 0 bridgehead atoms. The zero-order chi connectivity index (χ0) is 18.7. The van der Waals surface area contributed by atoms with Gasteiger partial charge in [-0.25, -0.2) is 0 Å². The molecular weight excluding hydrogens is 352 g/mol. The average molecular weight is 383 g/mol. The zero-order valence-corrected chi connectivity index (χ0v) is 18.8. The Labute approximate surface area is 161 Å². The molecule has 0 spiro atoms. The summed E-state index contributed by atoms with van der Waals surface area (Å²) in [7, 11) is -0.308. The molecule has 2 aromatic carbocycles. The molecule has 2 unspecified atom stereocenters. The molecular formula is C23H31NP2. The summed E-state index contributed by atoms with van der Waals surface area (Å²) >= 11 is 0. The van der Waals surface area contributed by atoms with E-state index in [2.05, 4.69) is 83.3 Å². The van der Waals surface area contributed by atoms with E-state index in [1.807, 2.05) is 0 Å². The molecule has 0 saturated carbocycles. The molecule has 1 N–H and O–H groups in total. The third kappa shape index (κ3) is 3.02. The fourth-order valence-electron chi connectivity index (χ4n) is 4.35. The molecule has 0 radical (unpaired) electrons. The van der Waals surface area contributed by atoms with Crippen LogP contribution in [0.15, 0.2) is 36.4 Å². The first-order valence-electron chi connectivity index (χ1n) is 9.72. The highest BCUT2D eigenvalue weighted by atomic mass is 31.1. The lowest BCUT2D eigenvalue weighted by Gasteiger charge is -2.32. The molecule has 138 valence electrons. The largest absolute Gasteiger partial charge is 0.380 e. The maximum Gasteiger partial charge on any atom is 0.0428 e. The minimum Gasteiger partial charge on any atom is -0.380 e. The van der Waals surface area contributed by atoms with Gasteiger partial charge in [-0.15, -0.1) is 0 Å². The number of rotatable bonds is 1. The van der Waals surface area contributed by atoms with E-state index < -0.39 is 0 Å². The van der Waals surface area contributed by atoms with Crippen molar-refractivity contribution in [2.24, 2.45) is 0 Å². The number of hydrogen-bond acceptors (Lipinski definition) is 1. The van der Waals surface area contributed by atoms with Crippen molar-refractivity contribution >= 4 is 32.1 Å². The van der Waals surface area contributed by atoms with E-state index in [4.69, 9.17) is 0 Å². The Balaban J connectivity index is 1.93. The van der Waals surface area contributed by atoms with Crippen molar-refractivity contribution in [2.75, 3.05) is 17.8 Å². The van der Waals surface area contributed by atoms with Crippen LogP contribution >= 0.6 is 15.8 Å². The molecule has 3 heteroatoms.